The highest BCUT2D eigenvalue weighted by molar-refractivity contribution is 7.86. The summed E-state index contributed by atoms with van der Waals surface area (Å²) in [4.78, 5) is 1.56. The molecule has 0 radical (unpaired) electrons. The molecule has 0 fully saturated rings. The Kier molecular flexibility index (Phi) is 7.32. The summed E-state index contributed by atoms with van der Waals surface area (Å²) in [7, 11) is -6.09. The quantitative estimate of drug-likeness (QED) is 0.633. The van der Waals surface area contributed by atoms with E-state index in [-0.39, 0.29) is 0 Å². The molecular weight excluding hydrogens is 283 g/mol. The van der Waals surface area contributed by atoms with Crippen molar-refractivity contribution in [2.75, 3.05) is 6.54 Å². The zero-order chi connectivity index (χ0) is 15.1. The van der Waals surface area contributed by atoms with Gasteiger partial charge in [-0.2, -0.15) is 13.2 Å². The molecule has 0 saturated carbocycles. The normalized spacial score (nSPS) is 18.8. The average molecular weight is 301 g/mol. The van der Waals surface area contributed by atoms with E-state index in [0.29, 0.717) is 0 Å². The van der Waals surface area contributed by atoms with E-state index >= 15 is 0 Å². The zero-order valence-corrected chi connectivity index (χ0v) is 11.6. The van der Waals surface area contributed by atoms with Crippen molar-refractivity contribution >= 4 is 10.1 Å². The standard InChI is InChI=1S/C10H17N.CHF3O3S/c1-3-5-8-11-9-6-7-10(11)4-2;2-1(3,4)8(5,6)7/h6-7,9H,3-5,8H2,1-2H3;(H,5,6,7). The average Bonchev–Trinajstić information content (AvgIpc) is 2.71. The fourth-order valence-corrected chi connectivity index (χ4v) is 1.45. The lowest BCUT2D eigenvalue weighted by Crippen LogP contribution is -3.04. The number of nitrogens with one attached hydrogen (secondary N) is 1. The van der Waals surface area contributed by atoms with E-state index < -0.39 is 15.6 Å². The van der Waals surface area contributed by atoms with Crippen LogP contribution in [0.1, 0.15) is 33.1 Å². The van der Waals surface area contributed by atoms with Gasteiger partial charge in [-0.15, -0.1) is 0 Å². The fraction of sp³-hybridized carbons (Fsp3) is 0.636. The van der Waals surface area contributed by atoms with Gasteiger partial charge in [-0.25, -0.2) is 8.42 Å². The smallest absolute Gasteiger partial charge is 0.485 e. The number of alkyl halides is 3. The predicted octanol–water partition coefficient (Wildman–Crippen LogP) is 1.54. The third-order valence-electron chi connectivity index (χ3n) is 2.47. The third kappa shape index (κ3) is 6.74. The highest BCUT2D eigenvalue weighted by Crippen LogP contribution is 2.20. The minimum absolute atomic E-state index is 1.19. The van der Waals surface area contributed by atoms with Gasteiger partial charge in [0.15, 0.2) is 10.1 Å². The van der Waals surface area contributed by atoms with E-state index in [2.05, 4.69) is 32.2 Å². The molecule has 1 atom stereocenters. The van der Waals surface area contributed by atoms with Crippen molar-refractivity contribution in [1.29, 1.82) is 0 Å². The molecule has 0 bridgehead atoms. The Bertz CT molecular complexity index is 427. The van der Waals surface area contributed by atoms with Crippen LogP contribution in [0, 0.1) is 0 Å². The van der Waals surface area contributed by atoms with Crippen LogP contribution in [0.3, 0.4) is 0 Å². The van der Waals surface area contributed by atoms with Gasteiger partial charge in [-0.05, 0) is 12.5 Å². The van der Waals surface area contributed by atoms with Gasteiger partial charge >= 0.3 is 5.51 Å². The molecule has 1 N–H and O–H groups in total. The number of rotatable bonds is 4. The van der Waals surface area contributed by atoms with Crippen LogP contribution in [0.5, 0.6) is 0 Å². The Balaban J connectivity index is 0.000000362. The second kappa shape index (κ2) is 7.66. The number of halogens is 3. The number of quaternary nitrogens is 1. The lowest BCUT2D eigenvalue weighted by Gasteiger charge is -2.11. The molecule has 0 aliphatic carbocycles. The molecule has 0 aromatic rings. The molecule has 1 unspecified atom stereocenters. The first-order valence-corrected chi connectivity index (χ1v) is 7.29. The minimum Gasteiger partial charge on any atom is -0.741 e. The predicted molar refractivity (Wildman–Crippen MR) is 64.0 cm³/mol. The maximum atomic E-state index is 10.7. The van der Waals surface area contributed by atoms with Gasteiger partial charge in [0.25, 0.3) is 0 Å². The molecular formula is C11H18F3NO3S. The molecule has 1 heterocycles. The van der Waals surface area contributed by atoms with Gasteiger partial charge in [-0.1, -0.05) is 20.3 Å². The molecule has 1 aliphatic rings. The largest absolute Gasteiger partial charge is 0.741 e. The van der Waals surface area contributed by atoms with Gasteiger partial charge in [0.05, 0.1) is 12.7 Å². The summed E-state index contributed by atoms with van der Waals surface area (Å²) in [6.45, 7) is 5.74. The molecule has 19 heavy (non-hydrogen) atoms. The lowest BCUT2D eigenvalue weighted by atomic mass is 10.3. The van der Waals surface area contributed by atoms with Gasteiger partial charge in [0, 0.05) is 12.5 Å². The van der Waals surface area contributed by atoms with E-state index in [4.69, 9.17) is 13.0 Å². The SMILES string of the molecule is CCCC[NH+]1C=CC=C1CC.O=S(=O)([O-])C(F)(F)F. The third-order valence-corrected chi connectivity index (χ3v) is 3.04. The van der Waals surface area contributed by atoms with Crippen LogP contribution >= 0.6 is 0 Å². The van der Waals surface area contributed by atoms with Crippen molar-refractivity contribution in [2.24, 2.45) is 0 Å². The summed E-state index contributed by atoms with van der Waals surface area (Å²) in [6, 6.07) is 0. The maximum Gasteiger partial charge on any atom is 0.485 e. The van der Waals surface area contributed by atoms with E-state index in [1.807, 2.05) is 0 Å². The second-order valence-corrected chi connectivity index (χ2v) is 5.30. The zero-order valence-electron chi connectivity index (χ0n) is 10.8. The first kappa shape index (κ1) is 18.1. The Hall–Kier alpha value is -0.860. The minimum atomic E-state index is -6.09. The maximum absolute atomic E-state index is 10.7. The molecule has 112 valence electrons. The summed E-state index contributed by atoms with van der Waals surface area (Å²) in [5, 5.41) is 0. The Morgan fingerprint density at radius 3 is 2.21 bits per heavy atom. The van der Waals surface area contributed by atoms with Crippen LogP contribution in [0.25, 0.3) is 0 Å². The molecule has 0 amide bonds. The van der Waals surface area contributed by atoms with E-state index in [0.717, 1.165) is 0 Å². The summed E-state index contributed by atoms with van der Waals surface area (Å²) in [6.07, 6.45) is 10.5. The molecule has 0 saturated heterocycles. The molecule has 8 heteroatoms. The van der Waals surface area contributed by atoms with Crippen molar-refractivity contribution < 1.29 is 31.0 Å². The summed E-state index contributed by atoms with van der Waals surface area (Å²) < 4.78 is 58.9. The first-order valence-electron chi connectivity index (χ1n) is 5.89. The topological polar surface area (TPSA) is 61.6 Å². The van der Waals surface area contributed by atoms with E-state index in [9.17, 15) is 13.2 Å². The van der Waals surface area contributed by atoms with Crippen molar-refractivity contribution in [3.8, 4) is 0 Å². The Labute approximate surface area is 111 Å². The molecule has 0 aromatic carbocycles. The van der Waals surface area contributed by atoms with Gasteiger partial charge < -0.3 is 4.55 Å². The molecule has 1 aliphatic heterocycles. The molecule has 0 aromatic heterocycles. The lowest BCUT2D eigenvalue weighted by molar-refractivity contribution is -0.804. The van der Waals surface area contributed by atoms with Gasteiger partial charge in [-0.3, -0.25) is 4.90 Å². The summed E-state index contributed by atoms with van der Waals surface area (Å²) in [5.41, 5.74) is -4.11. The number of unbranched alkanes of at least 4 members (excludes halogenated alkanes) is 1. The van der Waals surface area contributed by atoms with Crippen molar-refractivity contribution in [2.45, 2.75) is 38.6 Å². The molecule has 0 spiro atoms. The van der Waals surface area contributed by atoms with Gasteiger partial charge in [0.1, 0.15) is 5.70 Å². The molecule has 4 nitrogen and oxygen atoms in total. The van der Waals surface area contributed by atoms with Crippen molar-refractivity contribution in [1.82, 2.24) is 0 Å². The highest BCUT2D eigenvalue weighted by Gasteiger charge is 2.36. The van der Waals surface area contributed by atoms with Gasteiger partial charge in [0.2, 0.25) is 0 Å². The Morgan fingerprint density at radius 2 is 1.84 bits per heavy atom. The summed E-state index contributed by atoms with van der Waals surface area (Å²) >= 11 is 0. The summed E-state index contributed by atoms with van der Waals surface area (Å²) in [5.74, 6) is 0. The monoisotopic (exact) mass is 301 g/mol. The fourth-order valence-electron chi connectivity index (χ4n) is 1.45. The van der Waals surface area contributed by atoms with Crippen molar-refractivity contribution in [3.63, 3.8) is 0 Å². The van der Waals surface area contributed by atoms with Crippen LogP contribution in [-0.2, 0) is 10.1 Å². The van der Waals surface area contributed by atoms with Crippen LogP contribution in [0.2, 0.25) is 0 Å². The van der Waals surface area contributed by atoms with Crippen LogP contribution in [0.4, 0.5) is 13.2 Å². The number of hydrogen-bond donors (Lipinski definition) is 1. The molecule has 1 rings (SSSR count). The van der Waals surface area contributed by atoms with Crippen LogP contribution < -0.4 is 4.90 Å². The van der Waals surface area contributed by atoms with Crippen LogP contribution in [0.15, 0.2) is 24.0 Å². The number of hydrogen-bond acceptors (Lipinski definition) is 3. The second-order valence-electron chi connectivity index (χ2n) is 3.93. The first-order chi connectivity index (χ1) is 8.63. The van der Waals surface area contributed by atoms with Crippen LogP contribution in [-0.4, -0.2) is 25.0 Å². The number of allylic oxidation sites excluding steroid dienone is 3. The van der Waals surface area contributed by atoms with E-state index in [1.54, 1.807) is 10.6 Å². The highest BCUT2D eigenvalue weighted by atomic mass is 32.2. The van der Waals surface area contributed by atoms with Crippen molar-refractivity contribution in [3.05, 3.63) is 24.0 Å². The Morgan fingerprint density at radius 1 is 1.32 bits per heavy atom. The van der Waals surface area contributed by atoms with E-state index in [1.165, 1.54) is 25.8 Å².